The van der Waals surface area contributed by atoms with Crippen LogP contribution in [0, 0.1) is 21.0 Å². The molecule has 0 bridgehead atoms. The van der Waals surface area contributed by atoms with Crippen LogP contribution in [0.1, 0.15) is 87.2 Å². The van der Waals surface area contributed by atoms with Crippen molar-refractivity contribution in [2.24, 2.45) is 0 Å². The van der Waals surface area contributed by atoms with E-state index in [9.17, 15) is 28.0 Å². The van der Waals surface area contributed by atoms with Crippen molar-refractivity contribution in [1.29, 1.82) is 0 Å². The van der Waals surface area contributed by atoms with E-state index < -0.39 is 56.9 Å². The van der Waals surface area contributed by atoms with E-state index in [0.29, 0.717) is 46.3 Å². The summed E-state index contributed by atoms with van der Waals surface area (Å²) in [6.45, 7) is 26.5. The maximum atomic E-state index is 15.2. The molecule has 0 radical (unpaired) electrons. The van der Waals surface area contributed by atoms with Gasteiger partial charge in [0, 0.05) is 46.2 Å². The third-order valence-electron chi connectivity index (χ3n) is 12.0. The van der Waals surface area contributed by atoms with Gasteiger partial charge in [0.2, 0.25) is 10.9 Å². The van der Waals surface area contributed by atoms with Crippen LogP contribution in [0.4, 0.5) is 13.2 Å². The molecule has 0 atom stereocenters. The Balaban J connectivity index is 0.000000290. The highest BCUT2D eigenvalue weighted by Gasteiger charge is 2.38. The van der Waals surface area contributed by atoms with Gasteiger partial charge < -0.3 is 27.5 Å². The summed E-state index contributed by atoms with van der Waals surface area (Å²) in [5.41, 5.74) is -0.149. The first-order valence-corrected chi connectivity index (χ1v) is 28.4. The Morgan fingerprint density at radius 1 is 0.688 bits per heavy atom. The van der Waals surface area contributed by atoms with Crippen molar-refractivity contribution in [2.75, 3.05) is 26.4 Å². The number of nitrogens with zero attached hydrogens (tertiary/aromatic N) is 2. The minimum Gasteiger partial charge on any atom is -0.462 e. The second kappa shape index (κ2) is 21.2. The van der Waals surface area contributed by atoms with Gasteiger partial charge in [-0.1, -0.05) is 65.3 Å². The molecule has 0 unspecified atom stereocenters. The van der Waals surface area contributed by atoms with E-state index in [2.05, 4.69) is 67.7 Å². The monoisotopic (exact) mass is 1050 g/mol. The Bertz CT molecular complexity index is 2660. The molecule has 0 saturated heterocycles. The van der Waals surface area contributed by atoms with E-state index in [-0.39, 0.29) is 62.4 Å². The molecule has 17 heteroatoms. The zero-order chi connectivity index (χ0) is 48.1. The highest BCUT2D eigenvalue weighted by molar-refractivity contribution is 14.1. The van der Waals surface area contributed by atoms with Gasteiger partial charge in [-0.15, -0.1) is 0 Å². The van der Waals surface area contributed by atoms with Crippen LogP contribution in [-0.4, -0.2) is 64.1 Å². The van der Waals surface area contributed by atoms with Crippen molar-refractivity contribution < 1.29 is 41.1 Å². The molecule has 2 aromatic heterocycles. The summed E-state index contributed by atoms with van der Waals surface area (Å²) < 4.78 is 70.1. The van der Waals surface area contributed by atoms with E-state index in [1.807, 2.05) is 22.6 Å². The average Bonchev–Trinajstić information content (AvgIpc) is 3.19. The average molecular weight is 1060 g/mol. The molecule has 5 aromatic rings. The fraction of sp³-hybridized carbons (Fsp3) is 0.447. The van der Waals surface area contributed by atoms with Crippen molar-refractivity contribution in [3.63, 3.8) is 0 Å². The predicted octanol–water partition coefficient (Wildman–Crippen LogP) is 11.7. The Labute approximate surface area is 393 Å². The lowest BCUT2D eigenvalue weighted by atomic mass is 10.0. The molecular weight excluding hydrogens is 996 g/mol. The van der Waals surface area contributed by atoms with Gasteiger partial charge in [-0.2, -0.15) is 0 Å². The minimum atomic E-state index is -2.05. The summed E-state index contributed by atoms with van der Waals surface area (Å²) in [5.74, 6) is -3.07. The summed E-state index contributed by atoms with van der Waals surface area (Å²) in [5, 5.41) is 0.445. The molecule has 0 aliphatic carbocycles. The summed E-state index contributed by atoms with van der Waals surface area (Å²) in [4.78, 5) is 50.8. The van der Waals surface area contributed by atoms with E-state index in [0.717, 1.165) is 0 Å². The van der Waals surface area contributed by atoms with Crippen LogP contribution in [0.2, 0.25) is 41.3 Å². The van der Waals surface area contributed by atoms with Crippen molar-refractivity contribution in [3.8, 4) is 0 Å². The fourth-order valence-electron chi connectivity index (χ4n) is 6.18. The summed E-state index contributed by atoms with van der Waals surface area (Å²) >= 11 is 7.71. The van der Waals surface area contributed by atoms with Crippen LogP contribution in [0.25, 0.3) is 21.8 Å². The number of halogens is 5. The number of ether oxygens (including phenoxy) is 2. The van der Waals surface area contributed by atoms with E-state index in [1.165, 1.54) is 48.8 Å². The Morgan fingerprint density at radius 2 is 1.12 bits per heavy atom. The summed E-state index contributed by atoms with van der Waals surface area (Å²) in [6.07, 6.45) is 2.74. The van der Waals surface area contributed by atoms with Crippen LogP contribution >= 0.6 is 34.2 Å². The summed E-state index contributed by atoms with van der Waals surface area (Å²) in [7, 11) is -3.99. The molecule has 0 amide bonds. The molecule has 10 nitrogen and oxygen atoms in total. The Kier molecular flexibility index (Phi) is 17.5. The smallest absolute Gasteiger partial charge is 0.343 e. The normalized spacial score (nSPS) is 12.3. The van der Waals surface area contributed by atoms with Crippen LogP contribution < -0.4 is 10.9 Å². The van der Waals surface area contributed by atoms with E-state index >= 15 is 4.39 Å². The van der Waals surface area contributed by atoms with Crippen molar-refractivity contribution in [3.05, 3.63) is 124 Å². The Morgan fingerprint density at radius 3 is 1.56 bits per heavy atom. The molecule has 5 rings (SSSR count). The third-order valence-corrected chi connectivity index (χ3v) is 22.2. The predicted molar refractivity (Wildman–Crippen MR) is 261 cm³/mol. The minimum absolute atomic E-state index is 0.00528. The second-order valence-corrected chi connectivity index (χ2v) is 29.6. The lowest BCUT2D eigenvalue weighted by Gasteiger charge is -2.36. The van der Waals surface area contributed by atoms with Crippen molar-refractivity contribution >= 4 is 84.6 Å². The SMILES string of the molecule is CCOC(=O)c1cn(CCO[Si](C)(C)C(C)(C)C)c2cc(F)c(Cc3cccc(Cl)c3F)cc2c1=O.CCOC(=O)c1cn(CCO[Si](C)(C)C(C)(C)C)c2cc(F)c(I)cc2c1=O. The van der Waals surface area contributed by atoms with Gasteiger partial charge in [0.15, 0.2) is 16.6 Å². The summed E-state index contributed by atoms with van der Waals surface area (Å²) in [6, 6.07) is 9.93. The van der Waals surface area contributed by atoms with Gasteiger partial charge in [0.25, 0.3) is 0 Å². The number of fused-ring (bicyclic) bond motifs is 2. The number of pyridine rings is 2. The zero-order valence-electron chi connectivity index (χ0n) is 38.7. The molecule has 0 aliphatic heterocycles. The topological polar surface area (TPSA) is 115 Å². The van der Waals surface area contributed by atoms with Crippen molar-refractivity contribution in [1.82, 2.24) is 9.13 Å². The van der Waals surface area contributed by atoms with Crippen molar-refractivity contribution in [2.45, 2.75) is 111 Å². The van der Waals surface area contributed by atoms with Gasteiger partial charge in [-0.05, 0) is 114 Å². The second-order valence-electron chi connectivity index (χ2n) is 18.4. The van der Waals surface area contributed by atoms with Crippen LogP contribution in [0.15, 0.2) is 64.4 Å². The molecule has 348 valence electrons. The highest BCUT2D eigenvalue weighted by atomic mass is 127. The van der Waals surface area contributed by atoms with Crippen LogP contribution in [0.3, 0.4) is 0 Å². The molecule has 0 aliphatic rings. The van der Waals surface area contributed by atoms with Crippen LogP contribution in [0.5, 0.6) is 0 Å². The van der Waals surface area contributed by atoms with Crippen LogP contribution in [-0.2, 0) is 37.8 Å². The number of carbonyl (C=O) groups excluding carboxylic acids is 2. The maximum absolute atomic E-state index is 15.2. The highest BCUT2D eigenvalue weighted by Crippen LogP contribution is 2.37. The number of hydrogen-bond acceptors (Lipinski definition) is 8. The molecule has 0 fully saturated rings. The third kappa shape index (κ3) is 12.3. The first kappa shape index (κ1) is 52.8. The van der Waals surface area contributed by atoms with Gasteiger partial charge in [-0.3, -0.25) is 9.59 Å². The number of benzene rings is 3. The molecular formula is C47H59ClF3IN2O8Si2. The number of carbonyl (C=O) groups is 2. The molecule has 3 aromatic carbocycles. The number of esters is 2. The maximum Gasteiger partial charge on any atom is 0.343 e. The molecule has 0 spiro atoms. The first-order chi connectivity index (χ1) is 29.6. The largest absolute Gasteiger partial charge is 0.462 e. The van der Waals surface area contributed by atoms with Gasteiger partial charge in [-0.25, -0.2) is 22.8 Å². The number of aromatic nitrogens is 2. The van der Waals surface area contributed by atoms with E-state index in [4.69, 9.17) is 29.9 Å². The lowest BCUT2D eigenvalue weighted by molar-refractivity contribution is 0.0514. The van der Waals surface area contributed by atoms with Gasteiger partial charge >= 0.3 is 11.9 Å². The quantitative estimate of drug-likeness (QED) is 0.0614. The molecule has 64 heavy (non-hydrogen) atoms. The number of rotatable bonds is 14. The first-order valence-electron chi connectivity index (χ1n) is 21.1. The lowest BCUT2D eigenvalue weighted by Crippen LogP contribution is -2.41. The molecule has 0 saturated carbocycles. The molecule has 2 heterocycles. The van der Waals surface area contributed by atoms with E-state index in [1.54, 1.807) is 29.0 Å². The standard InChI is InChI=1S/C27H32ClF2NO4Si.C20H27FINO4Si/c1-7-34-26(33)20-16-31(11-12-35-36(5,6)27(2,3)4)23-15-22(29)18(14-19(23)25(20)32)13-17-9-8-10-21(28)24(17)30;1-7-26-19(25)14-12-23(8-9-27-28(5,6)20(2,3)4)17-11-15(21)16(22)10-13(17)18(14)24/h8-10,14-16H,7,11-13H2,1-6H3;10-12H,7-9H2,1-6H3. The number of hydrogen-bond donors (Lipinski definition) is 0. The molecule has 0 N–H and O–H groups in total. The van der Waals surface area contributed by atoms with Gasteiger partial charge in [0.05, 0.1) is 42.5 Å². The Hall–Kier alpha value is -3.82. The zero-order valence-corrected chi connectivity index (χ0v) is 43.6. The fourth-order valence-corrected chi connectivity index (χ4v) is 8.91. The van der Waals surface area contributed by atoms with Gasteiger partial charge in [0.1, 0.15) is 28.6 Å².